The average Bonchev–Trinajstić information content (AvgIpc) is 3.01. The highest BCUT2D eigenvalue weighted by atomic mass is 79.9. The first kappa shape index (κ1) is 16.5. The van der Waals surface area contributed by atoms with Crippen LogP contribution < -0.4 is 4.74 Å². The number of benzene rings is 1. The summed E-state index contributed by atoms with van der Waals surface area (Å²) in [7, 11) is 1.62. The lowest BCUT2D eigenvalue weighted by Gasteiger charge is -2.37. The van der Waals surface area contributed by atoms with Gasteiger partial charge in [-0.05, 0) is 24.3 Å². The predicted molar refractivity (Wildman–Crippen MR) is 90.2 cm³/mol. The fraction of sp³-hybridized carbons (Fsp3) is 0.471. The highest BCUT2D eigenvalue weighted by Gasteiger charge is 2.40. The second-order valence-corrected chi connectivity index (χ2v) is 6.57. The molecule has 0 radical (unpaired) electrons. The number of amides is 1. The molecule has 3 rings (SSSR count). The maximum absolute atomic E-state index is 12.4. The zero-order valence-corrected chi connectivity index (χ0v) is 14.7. The smallest absolute Gasteiger partial charge is 0.246 e. The van der Waals surface area contributed by atoms with Crippen LogP contribution in [0, 0.1) is 0 Å². The molecule has 0 bridgehead atoms. The third-order valence-corrected chi connectivity index (χ3v) is 4.74. The Morgan fingerprint density at radius 1 is 1.30 bits per heavy atom. The molecule has 124 valence electrons. The number of halogens is 1. The lowest BCUT2D eigenvalue weighted by molar-refractivity contribution is -0.186. The molecular formula is C17H20BrNO4. The minimum absolute atomic E-state index is 0.000115. The van der Waals surface area contributed by atoms with Crippen LogP contribution in [0.2, 0.25) is 0 Å². The van der Waals surface area contributed by atoms with E-state index in [0.29, 0.717) is 26.3 Å². The molecule has 2 aliphatic heterocycles. The van der Waals surface area contributed by atoms with Crippen LogP contribution in [-0.4, -0.2) is 50.0 Å². The molecule has 0 aliphatic carbocycles. The standard InChI is InChI=1S/C17H20BrNO4/c1-21-15-4-3-14(18)12-13(15)2-5-16(20)19-8-6-17(7-9-19)22-10-11-23-17/h2-5,12H,6-11H2,1H3/b5-2+. The Balaban J connectivity index is 1.62. The summed E-state index contributed by atoms with van der Waals surface area (Å²) in [5.41, 5.74) is 0.867. The monoisotopic (exact) mass is 381 g/mol. The highest BCUT2D eigenvalue weighted by molar-refractivity contribution is 9.10. The van der Waals surface area contributed by atoms with Crippen molar-refractivity contribution in [3.63, 3.8) is 0 Å². The van der Waals surface area contributed by atoms with Crippen LogP contribution in [0.1, 0.15) is 18.4 Å². The number of piperidine rings is 1. The van der Waals surface area contributed by atoms with E-state index in [0.717, 1.165) is 28.6 Å². The molecule has 0 aromatic heterocycles. The normalized spacial score (nSPS) is 20.3. The van der Waals surface area contributed by atoms with Gasteiger partial charge < -0.3 is 19.1 Å². The molecule has 2 fully saturated rings. The van der Waals surface area contributed by atoms with Gasteiger partial charge in [0.2, 0.25) is 5.91 Å². The van der Waals surface area contributed by atoms with Crippen LogP contribution in [0.15, 0.2) is 28.7 Å². The fourth-order valence-corrected chi connectivity index (χ4v) is 3.33. The Hall–Kier alpha value is -1.37. The van der Waals surface area contributed by atoms with Crippen LogP contribution in [0.4, 0.5) is 0 Å². The molecule has 1 amide bonds. The van der Waals surface area contributed by atoms with Crippen LogP contribution in [0.3, 0.4) is 0 Å². The first-order valence-corrected chi connectivity index (χ1v) is 8.50. The van der Waals surface area contributed by atoms with Gasteiger partial charge in [-0.1, -0.05) is 15.9 Å². The quantitative estimate of drug-likeness (QED) is 0.755. The lowest BCUT2D eigenvalue weighted by Crippen LogP contribution is -2.46. The maximum atomic E-state index is 12.4. The summed E-state index contributed by atoms with van der Waals surface area (Å²) in [6.45, 7) is 2.60. The van der Waals surface area contributed by atoms with E-state index >= 15 is 0 Å². The molecular weight excluding hydrogens is 362 g/mol. The Labute approximate surface area is 144 Å². The summed E-state index contributed by atoms with van der Waals surface area (Å²) in [5, 5.41) is 0. The van der Waals surface area contributed by atoms with E-state index in [2.05, 4.69) is 15.9 Å². The molecule has 1 aromatic carbocycles. The van der Waals surface area contributed by atoms with Gasteiger partial charge in [0.1, 0.15) is 5.75 Å². The molecule has 5 nitrogen and oxygen atoms in total. The van der Waals surface area contributed by atoms with E-state index in [9.17, 15) is 4.79 Å². The van der Waals surface area contributed by atoms with Crippen molar-refractivity contribution < 1.29 is 19.0 Å². The summed E-state index contributed by atoms with van der Waals surface area (Å²) in [5.74, 6) is 0.288. The van der Waals surface area contributed by atoms with E-state index < -0.39 is 5.79 Å². The molecule has 23 heavy (non-hydrogen) atoms. The van der Waals surface area contributed by atoms with Crippen molar-refractivity contribution in [2.75, 3.05) is 33.4 Å². The zero-order chi connectivity index (χ0) is 16.3. The molecule has 0 unspecified atom stereocenters. The van der Waals surface area contributed by atoms with Crippen LogP contribution in [-0.2, 0) is 14.3 Å². The van der Waals surface area contributed by atoms with Crippen LogP contribution >= 0.6 is 15.9 Å². The SMILES string of the molecule is COc1ccc(Br)cc1/C=C/C(=O)N1CCC2(CC1)OCCO2. The van der Waals surface area contributed by atoms with E-state index in [1.807, 2.05) is 23.1 Å². The fourth-order valence-electron chi connectivity index (χ4n) is 2.96. The molecule has 2 saturated heterocycles. The van der Waals surface area contributed by atoms with Crippen molar-refractivity contribution in [2.24, 2.45) is 0 Å². The maximum Gasteiger partial charge on any atom is 0.246 e. The first-order valence-electron chi connectivity index (χ1n) is 7.70. The summed E-state index contributed by atoms with van der Waals surface area (Å²) in [6, 6.07) is 5.70. The molecule has 1 spiro atoms. The van der Waals surface area contributed by atoms with Gasteiger partial charge >= 0.3 is 0 Å². The number of carbonyl (C=O) groups excluding carboxylic acids is 1. The predicted octanol–water partition coefficient (Wildman–Crippen LogP) is 2.84. The molecule has 0 atom stereocenters. The lowest BCUT2D eigenvalue weighted by atomic mass is 10.0. The van der Waals surface area contributed by atoms with Gasteiger partial charge in [0.15, 0.2) is 5.79 Å². The Morgan fingerprint density at radius 3 is 2.65 bits per heavy atom. The molecule has 6 heteroatoms. The Bertz CT molecular complexity index is 601. The van der Waals surface area contributed by atoms with E-state index in [1.165, 1.54) is 0 Å². The second-order valence-electron chi connectivity index (χ2n) is 5.65. The van der Waals surface area contributed by atoms with Crippen molar-refractivity contribution in [3.05, 3.63) is 34.3 Å². The van der Waals surface area contributed by atoms with Gasteiger partial charge in [-0.2, -0.15) is 0 Å². The van der Waals surface area contributed by atoms with Crippen molar-refractivity contribution in [1.29, 1.82) is 0 Å². The number of hydrogen-bond donors (Lipinski definition) is 0. The third-order valence-electron chi connectivity index (χ3n) is 4.25. The van der Waals surface area contributed by atoms with Gasteiger partial charge in [-0.15, -0.1) is 0 Å². The number of likely N-dealkylation sites (tertiary alicyclic amines) is 1. The average molecular weight is 382 g/mol. The minimum Gasteiger partial charge on any atom is -0.496 e. The number of nitrogens with zero attached hydrogens (tertiary/aromatic N) is 1. The molecule has 1 aromatic rings. The number of hydrogen-bond acceptors (Lipinski definition) is 4. The van der Waals surface area contributed by atoms with E-state index in [-0.39, 0.29) is 5.91 Å². The zero-order valence-electron chi connectivity index (χ0n) is 13.1. The summed E-state index contributed by atoms with van der Waals surface area (Å²) in [4.78, 5) is 14.2. The van der Waals surface area contributed by atoms with Gasteiger partial charge in [0, 0.05) is 42.0 Å². The number of rotatable bonds is 3. The summed E-state index contributed by atoms with van der Waals surface area (Å²) >= 11 is 3.43. The van der Waals surface area contributed by atoms with E-state index in [4.69, 9.17) is 14.2 Å². The number of ether oxygens (including phenoxy) is 3. The topological polar surface area (TPSA) is 48.0 Å². The number of methoxy groups -OCH3 is 1. The van der Waals surface area contributed by atoms with Crippen molar-refractivity contribution >= 4 is 27.9 Å². The molecule has 0 saturated carbocycles. The van der Waals surface area contributed by atoms with E-state index in [1.54, 1.807) is 19.3 Å². The summed E-state index contributed by atoms with van der Waals surface area (Å²) in [6.07, 6.45) is 4.84. The highest BCUT2D eigenvalue weighted by Crippen LogP contribution is 2.31. The summed E-state index contributed by atoms with van der Waals surface area (Å²) < 4.78 is 17.6. The number of carbonyl (C=O) groups is 1. The van der Waals surface area contributed by atoms with Crippen LogP contribution in [0.25, 0.3) is 6.08 Å². The molecule has 2 aliphatic rings. The van der Waals surface area contributed by atoms with Gasteiger partial charge in [-0.3, -0.25) is 4.79 Å². The van der Waals surface area contributed by atoms with Gasteiger partial charge in [0.05, 0.1) is 20.3 Å². The molecule has 0 N–H and O–H groups in total. The van der Waals surface area contributed by atoms with Crippen LogP contribution in [0.5, 0.6) is 5.75 Å². The van der Waals surface area contributed by atoms with Gasteiger partial charge in [-0.25, -0.2) is 0 Å². The van der Waals surface area contributed by atoms with Gasteiger partial charge in [0.25, 0.3) is 0 Å². The Kier molecular flexibility index (Phi) is 5.04. The van der Waals surface area contributed by atoms with Crippen molar-refractivity contribution in [2.45, 2.75) is 18.6 Å². The van der Waals surface area contributed by atoms with Crippen molar-refractivity contribution in [1.82, 2.24) is 4.90 Å². The largest absolute Gasteiger partial charge is 0.496 e. The molecule has 2 heterocycles. The minimum atomic E-state index is -0.450. The Morgan fingerprint density at radius 2 is 2.00 bits per heavy atom. The first-order chi connectivity index (χ1) is 11.1. The third kappa shape index (κ3) is 3.76. The second kappa shape index (κ2) is 7.03. The van der Waals surface area contributed by atoms with Crippen molar-refractivity contribution in [3.8, 4) is 5.75 Å².